The second kappa shape index (κ2) is 6.59. The molecular formula is C13H21NO. The zero-order valence-electron chi connectivity index (χ0n) is 9.69. The van der Waals surface area contributed by atoms with Crippen LogP contribution in [-0.4, -0.2) is 35.7 Å². The molecule has 0 bridgehead atoms. The zero-order valence-corrected chi connectivity index (χ0v) is 9.69. The van der Waals surface area contributed by atoms with E-state index in [4.69, 9.17) is 0 Å². The highest BCUT2D eigenvalue weighted by Crippen LogP contribution is 2.08. The highest BCUT2D eigenvalue weighted by Gasteiger charge is 2.14. The lowest BCUT2D eigenvalue weighted by molar-refractivity contribution is 0.133. The van der Waals surface area contributed by atoms with Crippen molar-refractivity contribution in [2.24, 2.45) is 0 Å². The van der Waals surface area contributed by atoms with Crippen LogP contribution >= 0.6 is 0 Å². The molecule has 1 N–H and O–H groups in total. The second-order valence-corrected chi connectivity index (χ2v) is 3.75. The number of benzene rings is 1. The van der Waals surface area contributed by atoms with Crippen molar-refractivity contribution in [1.82, 2.24) is 4.90 Å². The average Bonchev–Trinajstić information content (AvgIpc) is 2.30. The van der Waals surface area contributed by atoms with Gasteiger partial charge in [-0.1, -0.05) is 44.2 Å². The van der Waals surface area contributed by atoms with Gasteiger partial charge in [-0.2, -0.15) is 0 Å². The van der Waals surface area contributed by atoms with Gasteiger partial charge in [-0.25, -0.2) is 0 Å². The van der Waals surface area contributed by atoms with E-state index >= 15 is 0 Å². The summed E-state index contributed by atoms with van der Waals surface area (Å²) in [5, 5.41) is 9.38. The lowest BCUT2D eigenvalue weighted by Gasteiger charge is -2.28. The van der Waals surface area contributed by atoms with Crippen LogP contribution in [0.2, 0.25) is 0 Å². The molecule has 1 aromatic rings. The summed E-state index contributed by atoms with van der Waals surface area (Å²) < 4.78 is 0. The predicted octanol–water partition coefficient (Wildman–Crippen LogP) is 1.93. The van der Waals surface area contributed by atoms with Gasteiger partial charge in [0.15, 0.2) is 0 Å². The van der Waals surface area contributed by atoms with Gasteiger partial charge in [0.05, 0.1) is 6.61 Å². The van der Waals surface area contributed by atoms with Crippen molar-refractivity contribution in [2.75, 3.05) is 19.7 Å². The molecule has 0 saturated heterocycles. The van der Waals surface area contributed by atoms with E-state index in [0.29, 0.717) is 0 Å². The van der Waals surface area contributed by atoms with E-state index in [0.717, 1.165) is 19.5 Å². The highest BCUT2D eigenvalue weighted by atomic mass is 16.3. The van der Waals surface area contributed by atoms with Crippen molar-refractivity contribution >= 4 is 0 Å². The van der Waals surface area contributed by atoms with Gasteiger partial charge in [-0.05, 0) is 25.1 Å². The van der Waals surface area contributed by atoms with E-state index in [1.807, 2.05) is 18.2 Å². The second-order valence-electron chi connectivity index (χ2n) is 3.75. The molecule has 84 valence electrons. The Morgan fingerprint density at radius 1 is 1.13 bits per heavy atom. The molecule has 15 heavy (non-hydrogen) atoms. The number of aliphatic hydroxyl groups is 1. The molecule has 1 aromatic carbocycles. The third-order valence-electron chi connectivity index (χ3n) is 2.85. The highest BCUT2D eigenvalue weighted by molar-refractivity contribution is 5.15. The minimum Gasteiger partial charge on any atom is -0.395 e. The normalized spacial score (nSPS) is 13.1. The SMILES string of the molecule is CCN(CC)[C@H](CO)Cc1ccccc1. The molecule has 0 aromatic heterocycles. The molecule has 1 atom stereocenters. The Morgan fingerprint density at radius 2 is 1.73 bits per heavy atom. The van der Waals surface area contributed by atoms with Gasteiger partial charge in [-0.3, -0.25) is 4.90 Å². The number of nitrogens with zero attached hydrogens (tertiary/aromatic N) is 1. The molecule has 1 rings (SSSR count). The van der Waals surface area contributed by atoms with Crippen molar-refractivity contribution in [1.29, 1.82) is 0 Å². The average molecular weight is 207 g/mol. The quantitative estimate of drug-likeness (QED) is 0.770. The maximum absolute atomic E-state index is 9.38. The van der Waals surface area contributed by atoms with E-state index in [2.05, 4.69) is 30.9 Å². The van der Waals surface area contributed by atoms with Crippen molar-refractivity contribution in [3.63, 3.8) is 0 Å². The first-order chi connectivity index (χ1) is 7.31. The summed E-state index contributed by atoms with van der Waals surface area (Å²) in [4.78, 5) is 2.30. The lowest BCUT2D eigenvalue weighted by Crippen LogP contribution is -2.39. The van der Waals surface area contributed by atoms with E-state index in [1.54, 1.807) is 0 Å². The topological polar surface area (TPSA) is 23.5 Å². The third kappa shape index (κ3) is 3.65. The van der Waals surface area contributed by atoms with Crippen molar-refractivity contribution in [2.45, 2.75) is 26.3 Å². The number of hydrogen-bond acceptors (Lipinski definition) is 2. The monoisotopic (exact) mass is 207 g/mol. The maximum atomic E-state index is 9.38. The van der Waals surface area contributed by atoms with Crippen LogP contribution in [0.25, 0.3) is 0 Å². The molecule has 2 nitrogen and oxygen atoms in total. The molecule has 0 aliphatic heterocycles. The predicted molar refractivity (Wildman–Crippen MR) is 63.9 cm³/mol. The molecule has 0 fully saturated rings. The standard InChI is InChI=1S/C13H21NO/c1-3-14(4-2)13(11-15)10-12-8-6-5-7-9-12/h5-9,13,15H,3-4,10-11H2,1-2H3/t13-/m0/s1. The molecule has 0 amide bonds. The Kier molecular flexibility index (Phi) is 5.37. The molecule has 0 saturated carbocycles. The molecular weight excluding hydrogens is 186 g/mol. The Hall–Kier alpha value is -0.860. The summed E-state index contributed by atoms with van der Waals surface area (Å²) in [7, 11) is 0. The summed E-state index contributed by atoms with van der Waals surface area (Å²) in [6.07, 6.45) is 0.930. The van der Waals surface area contributed by atoms with Crippen LogP contribution in [0.4, 0.5) is 0 Å². The van der Waals surface area contributed by atoms with Crippen LogP contribution < -0.4 is 0 Å². The van der Waals surface area contributed by atoms with Gasteiger partial charge in [-0.15, -0.1) is 0 Å². The molecule has 0 unspecified atom stereocenters. The van der Waals surface area contributed by atoms with Crippen LogP contribution in [0.1, 0.15) is 19.4 Å². The van der Waals surface area contributed by atoms with Gasteiger partial charge in [0.2, 0.25) is 0 Å². The number of aliphatic hydroxyl groups excluding tert-OH is 1. The summed E-state index contributed by atoms with van der Waals surface area (Å²) in [6, 6.07) is 10.6. The smallest absolute Gasteiger partial charge is 0.0590 e. The van der Waals surface area contributed by atoms with E-state index < -0.39 is 0 Å². The van der Waals surface area contributed by atoms with Crippen LogP contribution in [0.3, 0.4) is 0 Å². The number of hydrogen-bond donors (Lipinski definition) is 1. The fourth-order valence-electron chi connectivity index (χ4n) is 1.94. The summed E-state index contributed by atoms with van der Waals surface area (Å²) in [5.74, 6) is 0. The molecule has 0 radical (unpaired) electrons. The van der Waals surface area contributed by atoms with Crippen molar-refractivity contribution < 1.29 is 5.11 Å². The summed E-state index contributed by atoms with van der Waals surface area (Å²) in [6.45, 7) is 6.49. The number of likely N-dealkylation sites (N-methyl/N-ethyl adjacent to an activating group) is 1. The number of rotatable bonds is 6. The first kappa shape index (κ1) is 12.2. The zero-order chi connectivity index (χ0) is 11.1. The first-order valence-corrected chi connectivity index (χ1v) is 5.70. The van der Waals surface area contributed by atoms with Crippen LogP contribution in [0.5, 0.6) is 0 Å². The fourth-order valence-corrected chi connectivity index (χ4v) is 1.94. The fraction of sp³-hybridized carbons (Fsp3) is 0.538. The Balaban J connectivity index is 2.61. The van der Waals surface area contributed by atoms with Crippen molar-refractivity contribution in [3.8, 4) is 0 Å². The Labute approximate surface area is 92.5 Å². The Morgan fingerprint density at radius 3 is 2.20 bits per heavy atom. The molecule has 0 spiro atoms. The van der Waals surface area contributed by atoms with E-state index in [9.17, 15) is 5.11 Å². The van der Waals surface area contributed by atoms with Crippen LogP contribution in [0, 0.1) is 0 Å². The summed E-state index contributed by atoms with van der Waals surface area (Å²) in [5.41, 5.74) is 1.29. The largest absolute Gasteiger partial charge is 0.395 e. The minimum atomic E-state index is 0.233. The van der Waals surface area contributed by atoms with E-state index in [-0.39, 0.29) is 12.6 Å². The minimum absolute atomic E-state index is 0.233. The van der Waals surface area contributed by atoms with Crippen molar-refractivity contribution in [3.05, 3.63) is 35.9 Å². The lowest BCUT2D eigenvalue weighted by atomic mass is 10.1. The van der Waals surface area contributed by atoms with Gasteiger partial charge < -0.3 is 5.11 Å². The van der Waals surface area contributed by atoms with Gasteiger partial charge >= 0.3 is 0 Å². The summed E-state index contributed by atoms with van der Waals surface area (Å²) >= 11 is 0. The van der Waals surface area contributed by atoms with Gasteiger partial charge in [0.1, 0.15) is 0 Å². The van der Waals surface area contributed by atoms with Gasteiger partial charge in [0, 0.05) is 6.04 Å². The molecule has 0 aliphatic rings. The van der Waals surface area contributed by atoms with E-state index in [1.165, 1.54) is 5.56 Å². The van der Waals surface area contributed by atoms with Crippen LogP contribution in [-0.2, 0) is 6.42 Å². The maximum Gasteiger partial charge on any atom is 0.0590 e. The first-order valence-electron chi connectivity index (χ1n) is 5.70. The van der Waals surface area contributed by atoms with Gasteiger partial charge in [0.25, 0.3) is 0 Å². The molecule has 0 heterocycles. The molecule has 2 heteroatoms. The van der Waals surface area contributed by atoms with Crippen LogP contribution in [0.15, 0.2) is 30.3 Å². The Bertz CT molecular complexity index is 256. The molecule has 0 aliphatic carbocycles. The third-order valence-corrected chi connectivity index (χ3v) is 2.85.